The van der Waals surface area contributed by atoms with E-state index in [-0.39, 0.29) is 0 Å². The van der Waals surface area contributed by atoms with E-state index < -0.39 is 9.84 Å². The van der Waals surface area contributed by atoms with Crippen LogP contribution in [0.3, 0.4) is 0 Å². The molecule has 0 radical (unpaired) electrons. The first-order chi connectivity index (χ1) is 10.8. The van der Waals surface area contributed by atoms with Gasteiger partial charge in [-0.25, -0.2) is 13.4 Å². The van der Waals surface area contributed by atoms with Crippen molar-refractivity contribution in [2.45, 2.75) is 37.5 Å². The summed E-state index contributed by atoms with van der Waals surface area (Å²) < 4.78 is 24.4. The topological polar surface area (TPSA) is 59.1 Å². The number of hydrogen-bond donors (Lipinski definition) is 1. The lowest BCUT2D eigenvalue weighted by atomic mass is 10.1. The van der Waals surface area contributed by atoms with Crippen molar-refractivity contribution < 1.29 is 8.42 Å². The van der Waals surface area contributed by atoms with Gasteiger partial charge in [-0.05, 0) is 61.9 Å². The quantitative estimate of drug-likeness (QED) is 0.831. The smallest absolute Gasteiger partial charge is 0.177 e. The number of halogens is 1. The minimum atomic E-state index is -3.33. The Morgan fingerprint density at radius 2 is 1.87 bits per heavy atom. The Kier molecular flexibility index (Phi) is 4.10. The zero-order valence-corrected chi connectivity index (χ0v) is 14.9. The molecule has 0 unspecified atom stereocenters. The van der Waals surface area contributed by atoms with Crippen LogP contribution in [-0.2, 0) is 9.84 Å². The Bertz CT molecular complexity index is 874. The Hall–Kier alpha value is -1.59. The molecule has 1 aliphatic rings. The van der Waals surface area contributed by atoms with Gasteiger partial charge in [-0.1, -0.05) is 17.7 Å². The van der Waals surface area contributed by atoms with Crippen LogP contribution >= 0.6 is 11.6 Å². The molecule has 1 aliphatic carbocycles. The van der Waals surface area contributed by atoms with Gasteiger partial charge in [0.2, 0.25) is 0 Å². The number of rotatable bonds is 4. The molecule has 4 nitrogen and oxygen atoms in total. The number of pyridine rings is 1. The Morgan fingerprint density at radius 3 is 2.48 bits per heavy atom. The van der Waals surface area contributed by atoms with Crippen molar-refractivity contribution in [1.29, 1.82) is 0 Å². The summed E-state index contributed by atoms with van der Waals surface area (Å²) >= 11 is 6.02. The molecule has 1 heterocycles. The monoisotopic (exact) mass is 350 g/mol. The number of nitrogens with one attached hydrogen (secondary N) is 1. The molecular weight excluding hydrogens is 332 g/mol. The van der Waals surface area contributed by atoms with Crippen LogP contribution in [0, 0.1) is 13.8 Å². The van der Waals surface area contributed by atoms with Gasteiger partial charge in [0, 0.05) is 17.6 Å². The standard InChI is InChI=1S/C17H19ClN2O2S/c1-10-11(2)19-17(18)9-15(10)20-14-7-6-13(12-4-5-12)8-16(14)23(3,21)22/h6-9,12H,4-5H2,1-3H3,(H,19,20). The Balaban J connectivity index is 2.06. The molecule has 0 aliphatic heterocycles. The first-order valence-corrected chi connectivity index (χ1v) is 9.77. The maximum absolute atomic E-state index is 12.2. The molecule has 1 aromatic heterocycles. The zero-order valence-electron chi connectivity index (χ0n) is 13.4. The lowest BCUT2D eigenvalue weighted by Gasteiger charge is -2.15. The van der Waals surface area contributed by atoms with Crippen LogP contribution in [0.1, 0.15) is 35.6 Å². The number of aromatic nitrogens is 1. The van der Waals surface area contributed by atoms with E-state index in [0.717, 1.165) is 35.3 Å². The normalized spacial score (nSPS) is 14.8. The number of benzene rings is 1. The molecule has 2 aromatic rings. The summed E-state index contributed by atoms with van der Waals surface area (Å²) in [5.74, 6) is 0.504. The van der Waals surface area contributed by atoms with E-state index >= 15 is 0 Å². The van der Waals surface area contributed by atoms with E-state index in [1.165, 1.54) is 6.26 Å². The van der Waals surface area contributed by atoms with Crippen LogP contribution in [0.15, 0.2) is 29.2 Å². The highest BCUT2D eigenvalue weighted by molar-refractivity contribution is 7.90. The van der Waals surface area contributed by atoms with Gasteiger partial charge in [0.05, 0.1) is 10.6 Å². The second kappa shape index (κ2) is 5.80. The van der Waals surface area contributed by atoms with E-state index in [2.05, 4.69) is 10.3 Å². The van der Waals surface area contributed by atoms with Crippen molar-refractivity contribution in [3.63, 3.8) is 0 Å². The number of sulfone groups is 1. The number of anilines is 2. The van der Waals surface area contributed by atoms with Crippen molar-refractivity contribution in [2.24, 2.45) is 0 Å². The maximum atomic E-state index is 12.2. The lowest BCUT2D eigenvalue weighted by Crippen LogP contribution is -2.05. The van der Waals surface area contributed by atoms with Gasteiger partial charge in [0.1, 0.15) is 5.15 Å². The van der Waals surface area contributed by atoms with E-state index in [9.17, 15) is 8.42 Å². The van der Waals surface area contributed by atoms with Crippen LogP contribution in [-0.4, -0.2) is 19.7 Å². The minimum Gasteiger partial charge on any atom is -0.354 e. The van der Waals surface area contributed by atoms with Gasteiger partial charge in [-0.15, -0.1) is 0 Å². The van der Waals surface area contributed by atoms with Crippen LogP contribution < -0.4 is 5.32 Å². The summed E-state index contributed by atoms with van der Waals surface area (Å²) in [7, 11) is -3.33. The van der Waals surface area contributed by atoms with Crippen molar-refractivity contribution in [1.82, 2.24) is 4.98 Å². The predicted molar refractivity (Wildman–Crippen MR) is 93.5 cm³/mol. The second-order valence-electron chi connectivity index (χ2n) is 6.13. The van der Waals surface area contributed by atoms with Crippen molar-refractivity contribution >= 4 is 32.8 Å². The Labute approximate surface area is 141 Å². The third kappa shape index (κ3) is 3.51. The van der Waals surface area contributed by atoms with Gasteiger partial charge in [0.25, 0.3) is 0 Å². The molecule has 0 spiro atoms. The highest BCUT2D eigenvalue weighted by Crippen LogP contribution is 2.42. The summed E-state index contributed by atoms with van der Waals surface area (Å²) in [5, 5.41) is 3.59. The van der Waals surface area contributed by atoms with Gasteiger partial charge < -0.3 is 5.32 Å². The van der Waals surface area contributed by atoms with E-state index in [4.69, 9.17) is 11.6 Å². The lowest BCUT2D eigenvalue weighted by molar-refractivity contribution is 0.602. The van der Waals surface area contributed by atoms with Crippen molar-refractivity contribution in [2.75, 3.05) is 11.6 Å². The number of nitrogens with zero attached hydrogens (tertiary/aromatic N) is 1. The van der Waals surface area contributed by atoms with Crippen molar-refractivity contribution in [3.05, 3.63) is 46.2 Å². The Morgan fingerprint density at radius 1 is 1.17 bits per heavy atom. The third-order valence-electron chi connectivity index (χ3n) is 4.21. The summed E-state index contributed by atoms with van der Waals surface area (Å²) in [6.45, 7) is 3.81. The van der Waals surface area contributed by atoms with Crippen LogP contribution in [0.5, 0.6) is 0 Å². The molecule has 1 fully saturated rings. The maximum Gasteiger partial charge on any atom is 0.177 e. The highest BCUT2D eigenvalue weighted by atomic mass is 35.5. The first-order valence-electron chi connectivity index (χ1n) is 7.50. The fourth-order valence-corrected chi connectivity index (χ4v) is 3.70. The van der Waals surface area contributed by atoms with Gasteiger partial charge in [0.15, 0.2) is 9.84 Å². The minimum absolute atomic E-state index is 0.326. The van der Waals surface area contributed by atoms with E-state index in [1.807, 2.05) is 26.0 Å². The largest absolute Gasteiger partial charge is 0.354 e. The molecule has 23 heavy (non-hydrogen) atoms. The van der Waals surface area contributed by atoms with Crippen LogP contribution in [0.4, 0.5) is 11.4 Å². The number of hydrogen-bond acceptors (Lipinski definition) is 4. The molecule has 0 saturated heterocycles. The summed E-state index contributed by atoms with van der Waals surface area (Å²) in [4.78, 5) is 4.53. The van der Waals surface area contributed by atoms with E-state index in [0.29, 0.717) is 21.7 Å². The fraction of sp³-hybridized carbons (Fsp3) is 0.353. The van der Waals surface area contributed by atoms with E-state index in [1.54, 1.807) is 12.1 Å². The zero-order chi connectivity index (χ0) is 16.8. The molecule has 0 amide bonds. The fourth-order valence-electron chi connectivity index (χ4n) is 2.59. The average Bonchev–Trinajstić information content (AvgIpc) is 3.28. The summed E-state index contributed by atoms with van der Waals surface area (Å²) in [6, 6.07) is 7.35. The third-order valence-corrected chi connectivity index (χ3v) is 5.54. The molecular formula is C17H19ClN2O2S. The predicted octanol–water partition coefficient (Wildman–Crippen LogP) is 4.38. The van der Waals surface area contributed by atoms with Gasteiger partial charge >= 0.3 is 0 Å². The van der Waals surface area contributed by atoms with Crippen LogP contribution in [0.2, 0.25) is 5.15 Å². The molecule has 0 bridgehead atoms. The molecule has 3 rings (SSSR count). The molecule has 122 valence electrons. The summed E-state index contributed by atoms with van der Waals surface area (Å²) in [5.41, 5.74) is 4.19. The average molecular weight is 351 g/mol. The van der Waals surface area contributed by atoms with Gasteiger partial charge in [-0.3, -0.25) is 0 Å². The first kappa shape index (κ1) is 16.3. The number of aryl methyl sites for hydroxylation is 1. The highest BCUT2D eigenvalue weighted by Gasteiger charge is 2.26. The molecule has 6 heteroatoms. The molecule has 1 saturated carbocycles. The van der Waals surface area contributed by atoms with Crippen molar-refractivity contribution in [3.8, 4) is 0 Å². The van der Waals surface area contributed by atoms with Gasteiger partial charge in [-0.2, -0.15) is 0 Å². The summed E-state index contributed by atoms with van der Waals surface area (Å²) in [6.07, 6.45) is 3.50. The van der Waals surface area contributed by atoms with Crippen LogP contribution in [0.25, 0.3) is 0 Å². The second-order valence-corrected chi connectivity index (χ2v) is 8.50. The SMILES string of the molecule is Cc1nc(Cl)cc(Nc2ccc(C3CC3)cc2S(C)(=O)=O)c1C. The molecule has 1 aromatic carbocycles. The molecule has 1 N–H and O–H groups in total. The molecule has 0 atom stereocenters.